The van der Waals surface area contributed by atoms with Gasteiger partial charge < -0.3 is 20.7 Å². The second-order valence-corrected chi connectivity index (χ2v) is 5.68. The first kappa shape index (κ1) is 15.4. The minimum atomic E-state index is -0.896. The lowest BCUT2D eigenvalue weighted by molar-refractivity contribution is -0.128. The van der Waals surface area contributed by atoms with Crippen LogP contribution in [0.25, 0.3) is 0 Å². The van der Waals surface area contributed by atoms with Gasteiger partial charge in [0.05, 0.1) is 6.54 Å². The van der Waals surface area contributed by atoms with Crippen LogP contribution in [0.1, 0.15) is 50.0 Å². The number of amidine groups is 1. The fourth-order valence-electron chi connectivity index (χ4n) is 2.94. The summed E-state index contributed by atoms with van der Waals surface area (Å²) in [5.74, 6) is 1.33. The van der Waals surface area contributed by atoms with Gasteiger partial charge in [-0.15, -0.1) is 0 Å². The fraction of sp³-hybridized carbons (Fsp3) is 0.600. The number of hydrogen-bond donors (Lipinski definition) is 3. The molecule has 0 atom stereocenters. The van der Waals surface area contributed by atoms with E-state index in [-0.39, 0.29) is 11.7 Å². The number of carbonyl (C=O) groups excluding carboxylic acids is 1. The Balaban J connectivity index is 2.10. The van der Waals surface area contributed by atoms with E-state index in [1.54, 1.807) is 0 Å². The number of rotatable bonds is 4. The van der Waals surface area contributed by atoms with Gasteiger partial charge in [0.25, 0.3) is 0 Å². The van der Waals surface area contributed by atoms with E-state index in [4.69, 9.17) is 15.4 Å². The summed E-state index contributed by atoms with van der Waals surface area (Å²) in [6, 6.07) is 3.69. The predicted molar refractivity (Wildman–Crippen MR) is 78.8 cm³/mol. The summed E-state index contributed by atoms with van der Waals surface area (Å²) < 4.78 is 5.44. The van der Waals surface area contributed by atoms with Gasteiger partial charge in [-0.05, 0) is 31.9 Å². The number of amides is 1. The van der Waals surface area contributed by atoms with Gasteiger partial charge in [0.15, 0.2) is 5.84 Å². The predicted octanol–water partition coefficient (Wildman–Crippen LogP) is 2.29. The molecule has 0 unspecified atom stereocenters. The highest BCUT2D eigenvalue weighted by Crippen LogP contribution is 2.35. The molecule has 1 aromatic rings. The lowest BCUT2D eigenvalue weighted by Gasteiger charge is -2.29. The van der Waals surface area contributed by atoms with Crippen molar-refractivity contribution in [2.75, 3.05) is 0 Å². The van der Waals surface area contributed by atoms with Crippen LogP contribution in [-0.2, 0) is 11.3 Å². The molecule has 6 nitrogen and oxygen atoms in total. The average Bonchev–Trinajstić information content (AvgIpc) is 2.76. The third-order valence-corrected chi connectivity index (χ3v) is 4.21. The molecule has 1 heterocycles. The van der Waals surface area contributed by atoms with Crippen LogP contribution in [0.15, 0.2) is 21.7 Å². The Labute approximate surface area is 124 Å². The zero-order valence-electron chi connectivity index (χ0n) is 12.4. The van der Waals surface area contributed by atoms with Gasteiger partial charge in [0.2, 0.25) is 5.91 Å². The number of nitrogens with two attached hydrogens (primary N) is 1. The second-order valence-electron chi connectivity index (χ2n) is 5.68. The Hall–Kier alpha value is -1.98. The summed E-state index contributed by atoms with van der Waals surface area (Å²) in [6.45, 7) is 2.17. The fourth-order valence-corrected chi connectivity index (χ4v) is 2.94. The molecule has 0 saturated heterocycles. The van der Waals surface area contributed by atoms with Crippen molar-refractivity contribution in [3.05, 3.63) is 23.7 Å². The molecule has 0 radical (unpaired) electrons. The number of hydrogen-bond acceptors (Lipinski definition) is 4. The Kier molecular flexibility index (Phi) is 4.88. The lowest BCUT2D eigenvalue weighted by Crippen LogP contribution is -2.49. The monoisotopic (exact) mass is 293 g/mol. The number of carbonyl (C=O) groups is 1. The van der Waals surface area contributed by atoms with Gasteiger partial charge in [-0.3, -0.25) is 4.79 Å². The molecule has 116 valence electrons. The molecular formula is C15H23N3O3. The highest BCUT2D eigenvalue weighted by Gasteiger charge is 2.42. The number of furan rings is 1. The molecule has 0 aromatic carbocycles. The summed E-state index contributed by atoms with van der Waals surface area (Å²) in [5.41, 5.74) is 4.95. The summed E-state index contributed by atoms with van der Waals surface area (Å²) in [4.78, 5) is 12.6. The van der Waals surface area contributed by atoms with Crippen LogP contribution in [0, 0.1) is 12.3 Å². The number of aryl methyl sites for hydroxylation is 1. The Bertz CT molecular complexity index is 514. The first-order valence-corrected chi connectivity index (χ1v) is 7.40. The molecular weight excluding hydrogens is 270 g/mol. The second kappa shape index (κ2) is 6.65. The maximum Gasteiger partial charge on any atom is 0.234 e. The minimum Gasteiger partial charge on any atom is -0.465 e. The van der Waals surface area contributed by atoms with Gasteiger partial charge in [-0.2, -0.15) is 0 Å². The molecule has 1 aromatic heterocycles. The van der Waals surface area contributed by atoms with Crippen LogP contribution >= 0.6 is 0 Å². The maximum atomic E-state index is 12.6. The number of nitrogens with one attached hydrogen (secondary N) is 1. The SMILES string of the molecule is Cc1ccc(CNC(=O)C2(C(N)=NO)CCCCCC2)o1. The lowest BCUT2D eigenvalue weighted by atomic mass is 9.78. The van der Waals surface area contributed by atoms with Crippen molar-refractivity contribution in [1.82, 2.24) is 5.32 Å². The molecule has 1 fully saturated rings. The Morgan fingerprint density at radius 3 is 2.57 bits per heavy atom. The van der Waals surface area contributed by atoms with E-state index in [9.17, 15) is 4.79 Å². The third-order valence-electron chi connectivity index (χ3n) is 4.21. The van der Waals surface area contributed by atoms with Crippen LogP contribution in [0.2, 0.25) is 0 Å². The van der Waals surface area contributed by atoms with Crippen molar-refractivity contribution in [1.29, 1.82) is 0 Å². The first-order valence-electron chi connectivity index (χ1n) is 7.40. The highest BCUT2D eigenvalue weighted by atomic mass is 16.4. The molecule has 1 amide bonds. The van der Waals surface area contributed by atoms with E-state index in [1.165, 1.54) is 0 Å². The topological polar surface area (TPSA) is 101 Å². The average molecular weight is 293 g/mol. The van der Waals surface area contributed by atoms with Gasteiger partial charge >= 0.3 is 0 Å². The summed E-state index contributed by atoms with van der Waals surface area (Å²) in [7, 11) is 0. The molecule has 4 N–H and O–H groups in total. The molecule has 0 bridgehead atoms. The zero-order valence-corrected chi connectivity index (χ0v) is 12.4. The van der Waals surface area contributed by atoms with Crippen LogP contribution < -0.4 is 11.1 Å². The van der Waals surface area contributed by atoms with Crippen molar-refractivity contribution >= 4 is 11.7 Å². The van der Waals surface area contributed by atoms with Gasteiger partial charge in [0.1, 0.15) is 16.9 Å². The number of nitrogens with zero attached hydrogens (tertiary/aromatic N) is 1. The summed E-state index contributed by atoms with van der Waals surface area (Å²) in [5, 5.41) is 15.0. The molecule has 6 heteroatoms. The molecule has 21 heavy (non-hydrogen) atoms. The highest BCUT2D eigenvalue weighted by molar-refractivity contribution is 6.06. The van der Waals surface area contributed by atoms with Crippen LogP contribution in [0.3, 0.4) is 0 Å². The van der Waals surface area contributed by atoms with Crippen molar-refractivity contribution < 1.29 is 14.4 Å². The van der Waals surface area contributed by atoms with Crippen molar-refractivity contribution in [2.24, 2.45) is 16.3 Å². The van der Waals surface area contributed by atoms with E-state index >= 15 is 0 Å². The van der Waals surface area contributed by atoms with Gasteiger partial charge in [-0.25, -0.2) is 0 Å². The van der Waals surface area contributed by atoms with Crippen LogP contribution in [0.5, 0.6) is 0 Å². The Morgan fingerprint density at radius 1 is 1.38 bits per heavy atom. The van der Waals surface area contributed by atoms with E-state index in [1.807, 2.05) is 19.1 Å². The molecule has 1 aliphatic rings. The van der Waals surface area contributed by atoms with Crippen molar-refractivity contribution in [2.45, 2.75) is 52.0 Å². The smallest absolute Gasteiger partial charge is 0.234 e. The van der Waals surface area contributed by atoms with Crippen molar-refractivity contribution in [3.63, 3.8) is 0 Å². The van der Waals surface area contributed by atoms with Gasteiger partial charge in [0, 0.05) is 0 Å². The number of oxime groups is 1. The normalized spacial score (nSPS) is 19.0. The minimum absolute atomic E-state index is 0.0116. The van der Waals surface area contributed by atoms with E-state index < -0.39 is 5.41 Å². The van der Waals surface area contributed by atoms with E-state index in [0.717, 1.165) is 31.4 Å². The molecule has 0 spiro atoms. The summed E-state index contributed by atoms with van der Waals surface area (Å²) in [6.07, 6.45) is 5.20. The van der Waals surface area contributed by atoms with E-state index in [0.29, 0.717) is 25.1 Å². The summed E-state index contributed by atoms with van der Waals surface area (Å²) >= 11 is 0. The quantitative estimate of drug-likeness (QED) is 0.261. The molecule has 0 aliphatic heterocycles. The first-order chi connectivity index (χ1) is 10.1. The van der Waals surface area contributed by atoms with Crippen molar-refractivity contribution in [3.8, 4) is 0 Å². The zero-order chi connectivity index (χ0) is 15.3. The van der Waals surface area contributed by atoms with Crippen LogP contribution in [-0.4, -0.2) is 17.0 Å². The van der Waals surface area contributed by atoms with Crippen LogP contribution in [0.4, 0.5) is 0 Å². The molecule has 1 aliphatic carbocycles. The Morgan fingerprint density at radius 2 is 2.05 bits per heavy atom. The van der Waals surface area contributed by atoms with Gasteiger partial charge in [-0.1, -0.05) is 30.8 Å². The van der Waals surface area contributed by atoms with E-state index in [2.05, 4.69) is 10.5 Å². The largest absolute Gasteiger partial charge is 0.465 e. The molecule has 1 saturated carbocycles. The molecule has 2 rings (SSSR count). The third kappa shape index (κ3) is 3.37. The standard InChI is InChI=1S/C15H23N3O3/c1-11-6-7-12(21-11)10-17-14(19)15(13(16)18-20)8-4-2-3-5-9-15/h6-7,20H,2-5,8-10H2,1H3,(H2,16,18)(H,17,19). The maximum absolute atomic E-state index is 12.6.